The van der Waals surface area contributed by atoms with Crippen LogP contribution in [0.25, 0.3) is 0 Å². The van der Waals surface area contributed by atoms with Crippen molar-refractivity contribution in [3.8, 4) is 0 Å². The fourth-order valence-corrected chi connectivity index (χ4v) is 2.58. The molecule has 1 N–H and O–H groups in total. The topological polar surface area (TPSA) is 12.0 Å². The van der Waals surface area contributed by atoms with Gasteiger partial charge in [-0.15, -0.1) is 0 Å². The van der Waals surface area contributed by atoms with Crippen molar-refractivity contribution in [2.45, 2.75) is 38.6 Å². The van der Waals surface area contributed by atoms with E-state index in [0.29, 0.717) is 5.92 Å². The summed E-state index contributed by atoms with van der Waals surface area (Å²) in [5.41, 5.74) is 2.62. The van der Waals surface area contributed by atoms with Crippen LogP contribution in [0.3, 0.4) is 0 Å². The first kappa shape index (κ1) is 9.85. The van der Waals surface area contributed by atoms with Gasteiger partial charge in [0.15, 0.2) is 0 Å². The Morgan fingerprint density at radius 3 is 2.86 bits per heavy atom. The van der Waals surface area contributed by atoms with E-state index < -0.39 is 0 Å². The van der Waals surface area contributed by atoms with Crippen LogP contribution >= 0.6 is 11.6 Å². The molecule has 0 amide bonds. The van der Waals surface area contributed by atoms with Crippen LogP contribution in [0.4, 0.5) is 5.69 Å². The van der Waals surface area contributed by atoms with Crippen LogP contribution in [-0.2, 0) is 0 Å². The molecule has 1 aromatic carbocycles. The lowest BCUT2D eigenvalue weighted by atomic mass is 9.82. The lowest BCUT2D eigenvalue weighted by Gasteiger charge is -2.38. The summed E-state index contributed by atoms with van der Waals surface area (Å²) in [5, 5.41) is 4.34. The maximum atomic E-state index is 6.17. The molecular formula is C12H16ClN. The molecule has 2 rings (SSSR count). The van der Waals surface area contributed by atoms with E-state index in [4.69, 9.17) is 11.6 Å². The fourth-order valence-electron chi connectivity index (χ4n) is 2.35. The molecule has 0 aromatic heterocycles. The van der Waals surface area contributed by atoms with Crippen LogP contribution in [0.2, 0.25) is 5.02 Å². The molecule has 0 radical (unpaired) electrons. The highest BCUT2D eigenvalue weighted by molar-refractivity contribution is 6.33. The molecule has 0 aliphatic carbocycles. The van der Waals surface area contributed by atoms with Crippen LogP contribution < -0.4 is 5.32 Å². The summed E-state index contributed by atoms with van der Waals surface area (Å²) in [4.78, 5) is 0. The third kappa shape index (κ3) is 1.61. The molecule has 1 heterocycles. The van der Waals surface area contributed by atoms with Crippen molar-refractivity contribution < 1.29 is 0 Å². The molecule has 76 valence electrons. The Morgan fingerprint density at radius 2 is 2.14 bits per heavy atom. The van der Waals surface area contributed by atoms with Crippen molar-refractivity contribution in [2.75, 3.05) is 5.32 Å². The number of rotatable bonds is 0. The minimum atomic E-state index is 0.150. The van der Waals surface area contributed by atoms with E-state index in [1.165, 1.54) is 5.56 Å². The zero-order valence-electron chi connectivity index (χ0n) is 8.89. The molecule has 1 aromatic rings. The summed E-state index contributed by atoms with van der Waals surface area (Å²) in [6.45, 7) is 6.70. The van der Waals surface area contributed by atoms with Crippen molar-refractivity contribution in [3.05, 3.63) is 28.8 Å². The minimum Gasteiger partial charge on any atom is -0.379 e. The van der Waals surface area contributed by atoms with Gasteiger partial charge in [0.2, 0.25) is 0 Å². The zero-order chi connectivity index (χ0) is 10.3. The van der Waals surface area contributed by atoms with Crippen LogP contribution in [-0.4, -0.2) is 5.54 Å². The molecular weight excluding hydrogens is 194 g/mol. The summed E-state index contributed by atoms with van der Waals surface area (Å²) >= 11 is 6.17. The van der Waals surface area contributed by atoms with Crippen molar-refractivity contribution in [2.24, 2.45) is 0 Å². The molecule has 0 saturated heterocycles. The van der Waals surface area contributed by atoms with Crippen LogP contribution in [0, 0.1) is 0 Å². The summed E-state index contributed by atoms with van der Waals surface area (Å²) in [6.07, 6.45) is 1.15. The van der Waals surface area contributed by atoms with Gasteiger partial charge < -0.3 is 5.32 Å². The predicted octanol–water partition coefficient (Wildman–Crippen LogP) is 4.04. The van der Waals surface area contributed by atoms with E-state index in [0.717, 1.165) is 17.1 Å². The first-order valence-corrected chi connectivity index (χ1v) is 5.44. The second kappa shape index (κ2) is 3.16. The molecule has 0 bridgehead atoms. The minimum absolute atomic E-state index is 0.150. The van der Waals surface area contributed by atoms with Gasteiger partial charge in [0.1, 0.15) is 0 Å². The molecule has 2 heteroatoms. The fraction of sp³-hybridized carbons (Fsp3) is 0.500. The van der Waals surface area contributed by atoms with E-state index in [9.17, 15) is 0 Å². The van der Waals surface area contributed by atoms with Crippen LogP contribution in [0.1, 0.15) is 38.7 Å². The van der Waals surface area contributed by atoms with E-state index >= 15 is 0 Å². The number of hydrogen-bond donors (Lipinski definition) is 1. The molecule has 1 aliphatic heterocycles. The first-order valence-electron chi connectivity index (χ1n) is 5.06. The van der Waals surface area contributed by atoms with Gasteiger partial charge in [-0.25, -0.2) is 0 Å². The van der Waals surface area contributed by atoms with Gasteiger partial charge in [0.25, 0.3) is 0 Å². The van der Waals surface area contributed by atoms with E-state index in [1.54, 1.807) is 0 Å². The van der Waals surface area contributed by atoms with E-state index in [2.05, 4.69) is 32.2 Å². The average molecular weight is 210 g/mol. The van der Waals surface area contributed by atoms with Crippen molar-refractivity contribution in [3.63, 3.8) is 0 Å². The van der Waals surface area contributed by atoms with E-state index in [1.807, 2.05) is 12.1 Å². The zero-order valence-corrected chi connectivity index (χ0v) is 9.65. The molecule has 0 spiro atoms. The standard InChI is InChI=1S/C12H16ClN/c1-8-7-12(2,3)14-11-9(8)5-4-6-10(11)13/h4-6,8,14H,7H2,1-3H3. The molecule has 0 saturated carbocycles. The molecule has 1 aliphatic rings. The Kier molecular flexibility index (Phi) is 2.23. The molecule has 1 unspecified atom stereocenters. The monoisotopic (exact) mass is 209 g/mol. The number of benzene rings is 1. The largest absolute Gasteiger partial charge is 0.379 e. The number of fused-ring (bicyclic) bond motifs is 1. The van der Waals surface area contributed by atoms with Gasteiger partial charge in [-0.2, -0.15) is 0 Å². The number of anilines is 1. The summed E-state index contributed by atoms with van der Waals surface area (Å²) < 4.78 is 0. The molecule has 1 atom stereocenters. The maximum Gasteiger partial charge on any atom is 0.0640 e. The highest BCUT2D eigenvalue weighted by atomic mass is 35.5. The SMILES string of the molecule is CC1CC(C)(C)Nc2c(Cl)cccc21. The Bertz CT molecular complexity index is 357. The third-order valence-electron chi connectivity index (χ3n) is 2.86. The first-order chi connectivity index (χ1) is 6.49. The lowest BCUT2D eigenvalue weighted by Crippen LogP contribution is -2.36. The second-order valence-corrected chi connectivity index (χ2v) is 5.23. The Labute approximate surface area is 90.5 Å². The number of halogens is 1. The Hall–Kier alpha value is -0.690. The maximum absolute atomic E-state index is 6.17. The summed E-state index contributed by atoms with van der Waals surface area (Å²) in [6, 6.07) is 6.13. The second-order valence-electron chi connectivity index (χ2n) is 4.82. The third-order valence-corrected chi connectivity index (χ3v) is 3.17. The molecule has 14 heavy (non-hydrogen) atoms. The normalized spacial score (nSPS) is 23.9. The van der Waals surface area contributed by atoms with Gasteiger partial charge in [-0.3, -0.25) is 0 Å². The Morgan fingerprint density at radius 1 is 1.43 bits per heavy atom. The smallest absolute Gasteiger partial charge is 0.0640 e. The number of nitrogens with one attached hydrogen (secondary N) is 1. The van der Waals surface area contributed by atoms with Crippen molar-refractivity contribution >= 4 is 17.3 Å². The van der Waals surface area contributed by atoms with Crippen molar-refractivity contribution in [1.82, 2.24) is 0 Å². The molecule has 1 nitrogen and oxygen atoms in total. The Balaban J connectivity index is 2.51. The van der Waals surface area contributed by atoms with Gasteiger partial charge in [-0.05, 0) is 37.8 Å². The highest BCUT2D eigenvalue weighted by Crippen LogP contribution is 2.41. The van der Waals surface area contributed by atoms with Gasteiger partial charge in [-0.1, -0.05) is 30.7 Å². The van der Waals surface area contributed by atoms with Gasteiger partial charge >= 0.3 is 0 Å². The van der Waals surface area contributed by atoms with Gasteiger partial charge in [0, 0.05) is 5.54 Å². The van der Waals surface area contributed by atoms with Crippen LogP contribution in [0.5, 0.6) is 0 Å². The highest BCUT2D eigenvalue weighted by Gasteiger charge is 2.29. The predicted molar refractivity (Wildman–Crippen MR) is 62.2 cm³/mol. The summed E-state index contributed by atoms with van der Waals surface area (Å²) in [5.74, 6) is 0.583. The lowest BCUT2D eigenvalue weighted by molar-refractivity contribution is 0.454. The summed E-state index contributed by atoms with van der Waals surface area (Å²) in [7, 11) is 0. The van der Waals surface area contributed by atoms with Gasteiger partial charge in [0.05, 0.1) is 10.7 Å². The number of hydrogen-bond acceptors (Lipinski definition) is 1. The number of para-hydroxylation sites is 1. The average Bonchev–Trinajstić information content (AvgIpc) is 2.05. The molecule has 0 fully saturated rings. The van der Waals surface area contributed by atoms with E-state index in [-0.39, 0.29) is 5.54 Å². The quantitative estimate of drug-likeness (QED) is 0.680. The van der Waals surface area contributed by atoms with Crippen molar-refractivity contribution in [1.29, 1.82) is 0 Å². The van der Waals surface area contributed by atoms with Crippen LogP contribution in [0.15, 0.2) is 18.2 Å².